The van der Waals surface area contributed by atoms with Gasteiger partial charge in [0, 0.05) is 27.9 Å². The molecular formula is C19H19NO3S. The van der Waals surface area contributed by atoms with Crippen LogP contribution in [0.1, 0.15) is 23.3 Å². The van der Waals surface area contributed by atoms with Gasteiger partial charge < -0.3 is 14.1 Å². The number of furan rings is 1. The summed E-state index contributed by atoms with van der Waals surface area (Å²) < 4.78 is 10.8. The van der Waals surface area contributed by atoms with Crippen molar-refractivity contribution in [3.05, 3.63) is 52.4 Å². The van der Waals surface area contributed by atoms with Crippen molar-refractivity contribution >= 4 is 28.2 Å². The normalized spacial score (nSPS) is 14.0. The van der Waals surface area contributed by atoms with E-state index in [-0.39, 0.29) is 5.91 Å². The molecule has 1 aliphatic rings. The SMILES string of the molecule is COc1ccc2c(CC(=O)N(Cc3cccs3)C3CC3)coc2c1. The van der Waals surface area contributed by atoms with Gasteiger partial charge in [0.15, 0.2) is 0 Å². The minimum absolute atomic E-state index is 0.171. The molecule has 3 aromatic rings. The van der Waals surface area contributed by atoms with Gasteiger partial charge in [-0.05, 0) is 36.4 Å². The molecule has 0 N–H and O–H groups in total. The van der Waals surface area contributed by atoms with Crippen molar-refractivity contribution < 1.29 is 13.9 Å². The number of ether oxygens (including phenoxy) is 1. The van der Waals surface area contributed by atoms with E-state index in [0.717, 1.165) is 35.1 Å². The van der Waals surface area contributed by atoms with E-state index in [1.165, 1.54) is 4.88 Å². The van der Waals surface area contributed by atoms with Crippen LogP contribution < -0.4 is 4.74 Å². The van der Waals surface area contributed by atoms with E-state index in [9.17, 15) is 4.79 Å². The van der Waals surface area contributed by atoms with Gasteiger partial charge in [0.05, 0.1) is 26.3 Å². The number of thiophene rings is 1. The zero-order valence-corrected chi connectivity index (χ0v) is 14.3. The van der Waals surface area contributed by atoms with Crippen LogP contribution in [0.2, 0.25) is 0 Å². The van der Waals surface area contributed by atoms with Gasteiger partial charge in [0.1, 0.15) is 11.3 Å². The number of nitrogens with zero attached hydrogens (tertiary/aromatic N) is 1. The van der Waals surface area contributed by atoms with Crippen LogP contribution in [-0.2, 0) is 17.8 Å². The highest BCUT2D eigenvalue weighted by Crippen LogP contribution is 2.31. The second-order valence-electron chi connectivity index (χ2n) is 6.13. The topological polar surface area (TPSA) is 42.7 Å². The summed E-state index contributed by atoms with van der Waals surface area (Å²) in [5.74, 6) is 0.927. The van der Waals surface area contributed by atoms with Crippen LogP contribution in [-0.4, -0.2) is 24.0 Å². The number of methoxy groups -OCH3 is 1. The van der Waals surface area contributed by atoms with E-state index in [4.69, 9.17) is 9.15 Å². The Morgan fingerprint density at radius 3 is 2.96 bits per heavy atom. The molecule has 4 rings (SSSR count). The van der Waals surface area contributed by atoms with Crippen LogP contribution in [0.15, 0.2) is 46.4 Å². The molecule has 0 atom stereocenters. The second kappa shape index (κ2) is 6.32. The van der Waals surface area contributed by atoms with Gasteiger partial charge in [-0.15, -0.1) is 11.3 Å². The summed E-state index contributed by atoms with van der Waals surface area (Å²) in [5, 5.41) is 3.04. The number of benzene rings is 1. The van der Waals surface area contributed by atoms with E-state index >= 15 is 0 Å². The maximum absolute atomic E-state index is 12.8. The smallest absolute Gasteiger partial charge is 0.227 e. The fraction of sp³-hybridized carbons (Fsp3) is 0.316. The molecule has 0 saturated heterocycles. The van der Waals surface area contributed by atoms with Gasteiger partial charge >= 0.3 is 0 Å². The number of fused-ring (bicyclic) bond motifs is 1. The predicted octanol–water partition coefficient (Wildman–Crippen LogP) is 4.24. The molecule has 2 aromatic heterocycles. The average Bonchev–Trinajstić information content (AvgIpc) is 3.16. The third-order valence-corrected chi connectivity index (χ3v) is 5.28. The summed E-state index contributed by atoms with van der Waals surface area (Å²) in [5.41, 5.74) is 1.70. The number of amides is 1. The lowest BCUT2D eigenvalue weighted by atomic mass is 10.1. The first kappa shape index (κ1) is 15.3. The first-order valence-corrected chi connectivity index (χ1v) is 8.98. The Bertz CT molecular complexity index is 849. The largest absolute Gasteiger partial charge is 0.497 e. The van der Waals surface area contributed by atoms with Gasteiger partial charge in [-0.1, -0.05) is 6.07 Å². The fourth-order valence-corrected chi connectivity index (χ4v) is 3.67. The average molecular weight is 341 g/mol. The zero-order chi connectivity index (χ0) is 16.5. The molecule has 124 valence electrons. The predicted molar refractivity (Wildman–Crippen MR) is 94.4 cm³/mol. The van der Waals surface area contributed by atoms with Gasteiger partial charge in [-0.3, -0.25) is 4.79 Å². The Morgan fingerprint density at radius 2 is 2.25 bits per heavy atom. The highest BCUT2D eigenvalue weighted by molar-refractivity contribution is 7.09. The van der Waals surface area contributed by atoms with E-state index in [0.29, 0.717) is 19.0 Å². The van der Waals surface area contributed by atoms with Crippen LogP contribution in [0.25, 0.3) is 11.0 Å². The summed E-state index contributed by atoms with van der Waals surface area (Å²) in [6, 6.07) is 10.2. The summed E-state index contributed by atoms with van der Waals surface area (Å²) in [6.07, 6.45) is 4.29. The molecule has 4 nitrogen and oxygen atoms in total. The second-order valence-corrected chi connectivity index (χ2v) is 7.16. The summed E-state index contributed by atoms with van der Waals surface area (Å²) in [4.78, 5) is 16.1. The maximum atomic E-state index is 12.8. The minimum atomic E-state index is 0.171. The molecule has 0 aliphatic heterocycles. The third kappa shape index (κ3) is 3.04. The van der Waals surface area contributed by atoms with E-state index in [2.05, 4.69) is 11.4 Å². The molecular weight excluding hydrogens is 322 g/mol. The zero-order valence-electron chi connectivity index (χ0n) is 13.5. The molecule has 1 saturated carbocycles. The first-order chi connectivity index (χ1) is 11.7. The number of hydrogen-bond donors (Lipinski definition) is 0. The van der Waals surface area contributed by atoms with Crippen LogP contribution in [0, 0.1) is 0 Å². The molecule has 1 aromatic carbocycles. The van der Waals surface area contributed by atoms with E-state index in [1.54, 1.807) is 24.7 Å². The number of carbonyl (C=O) groups is 1. The Balaban J connectivity index is 1.54. The van der Waals surface area contributed by atoms with Crippen molar-refractivity contribution in [3.8, 4) is 5.75 Å². The highest BCUT2D eigenvalue weighted by Gasteiger charge is 2.33. The molecule has 0 radical (unpaired) electrons. The molecule has 0 unspecified atom stereocenters. The lowest BCUT2D eigenvalue weighted by molar-refractivity contribution is -0.131. The third-order valence-electron chi connectivity index (χ3n) is 4.42. The van der Waals surface area contributed by atoms with Gasteiger partial charge in [0.25, 0.3) is 0 Å². The van der Waals surface area contributed by atoms with Crippen LogP contribution >= 0.6 is 11.3 Å². The maximum Gasteiger partial charge on any atom is 0.227 e. The summed E-state index contributed by atoms with van der Waals surface area (Å²) in [6.45, 7) is 0.713. The van der Waals surface area contributed by atoms with Crippen molar-refractivity contribution in [3.63, 3.8) is 0 Å². The Kier molecular flexibility index (Phi) is 4.02. The minimum Gasteiger partial charge on any atom is -0.497 e. The number of carbonyl (C=O) groups excluding carboxylic acids is 1. The molecule has 1 amide bonds. The van der Waals surface area contributed by atoms with Crippen molar-refractivity contribution in [2.75, 3.05) is 7.11 Å². The number of rotatable bonds is 6. The molecule has 5 heteroatoms. The lowest BCUT2D eigenvalue weighted by Gasteiger charge is -2.21. The van der Waals surface area contributed by atoms with Crippen molar-refractivity contribution in [1.82, 2.24) is 4.90 Å². The molecule has 1 fully saturated rings. The Labute approximate surface area is 144 Å². The highest BCUT2D eigenvalue weighted by atomic mass is 32.1. The van der Waals surface area contributed by atoms with Crippen molar-refractivity contribution in [1.29, 1.82) is 0 Å². The fourth-order valence-electron chi connectivity index (χ4n) is 2.97. The molecule has 24 heavy (non-hydrogen) atoms. The summed E-state index contributed by atoms with van der Waals surface area (Å²) in [7, 11) is 1.63. The van der Waals surface area contributed by atoms with Crippen LogP contribution in [0.3, 0.4) is 0 Å². The Hall–Kier alpha value is -2.27. The Morgan fingerprint density at radius 1 is 1.38 bits per heavy atom. The standard InChI is InChI=1S/C19H19NO3S/c1-22-15-6-7-17-13(12-23-18(17)10-15)9-19(21)20(14-4-5-14)11-16-3-2-8-24-16/h2-3,6-8,10,12,14H,4-5,9,11H2,1H3. The summed E-state index contributed by atoms with van der Waals surface area (Å²) >= 11 is 1.70. The molecule has 1 aliphatic carbocycles. The van der Waals surface area contributed by atoms with Gasteiger partial charge in [-0.2, -0.15) is 0 Å². The molecule has 0 bridgehead atoms. The van der Waals surface area contributed by atoms with Crippen LogP contribution in [0.4, 0.5) is 0 Å². The first-order valence-electron chi connectivity index (χ1n) is 8.10. The monoisotopic (exact) mass is 341 g/mol. The quantitative estimate of drug-likeness (QED) is 0.673. The van der Waals surface area contributed by atoms with Gasteiger partial charge in [0.2, 0.25) is 5.91 Å². The van der Waals surface area contributed by atoms with E-state index < -0.39 is 0 Å². The van der Waals surface area contributed by atoms with Crippen molar-refractivity contribution in [2.45, 2.75) is 31.8 Å². The van der Waals surface area contributed by atoms with Crippen LogP contribution in [0.5, 0.6) is 5.75 Å². The lowest BCUT2D eigenvalue weighted by Crippen LogP contribution is -2.33. The molecule has 2 heterocycles. The van der Waals surface area contributed by atoms with Crippen molar-refractivity contribution in [2.24, 2.45) is 0 Å². The number of hydrogen-bond acceptors (Lipinski definition) is 4. The van der Waals surface area contributed by atoms with E-state index in [1.807, 2.05) is 29.2 Å². The molecule has 0 spiro atoms. The van der Waals surface area contributed by atoms with Gasteiger partial charge in [-0.25, -0.2) is 0 Å².